The molecule has 0 aliphatic rings. The molecule has 1 aromatic carbocycles. The largest absolute Gasteiger partial charge is 0.354 e. The first kappa shape index (κ1) is 21.1. The highest BCUT2D eigenvalue weighted by atomic mass is 127. The minimum atomic E-state index is -2.96. The molecule has 0 amide bonds. The Balaban J connectivity index is 0.00000441. The van der Waals surface area contributed by atoms with Crippen molar-refractivity contribution < 1.29 is 12.8 Å². The number of sulfone groups is 1. The SMILES string of the molecule is CN=C(NCc1ccc(F)cc1)NC(C)CCS(C)(=O)=O.I. The Hall–Kier alpha value is -0.900. The molecule has 0 bridgehead atoms. The third kappa shape index (κ3) is 9.19. The summed E-state index contributed by atoms with van der Waals surface area (Å²) in [5.41, 5.74) is 0.933. The van der Waals surface area contributed by atoms with Crippen LogP contribution in [0.25, 0.3) is 0 Å². The molecule has 0 aliphatic heterocycles. The summed E-state index contributed by atoms with van der Waals surface area (Å²) in [6, 6.07) is 6.19. The lowest BCUT2D eigenvalue weighted by Crippen LogP contribution is -2.42. The van der Waals surface area contributed by atoms with E-state index in [0.29, 0.717) is 18.9 Å². The van der Waals surface area contributed by atoms with Crippen molar-refractivity contribution >= 4 is 39.8 Å². The van der Waals surface area contributed by atoms with Gasteiger partial charge in [0.2, 0.25) is 0 Å². The summed E-state index contributed by atoms with van der Waals surface area (Å²) < 4.78 is 35.0. The summed E-state index contributed by atoms with van der Waals surface area (Å²) in [5, 5.41) is 6.22. The van der Waals surface area contributed by atoms with Crippen molar-refractivity contribution in [2.45, 2.75) is 25.9 Å². The van der Waals surface area contributed by atoms with E-state index in [2.05, 4.69) is 15.6 Å². The Labute approximate surface area is 148 Å². The van der Waals surface area contributed by atoms with Gasteiger partial charge in [-0.05, 0) is 31.0 Å². The highest BCUT2D eigenvalue weighted by molar-refractivity contribution is 14.0. The molecule has 2 N–H and O–H groups in total. The molecule has 1 unspecified atom stereocenters. The smallest absolute Gasteiger partial charge is 0.191 e. The number of halogens is 2. The maximum atomic E-state index is 12.8. The maximum Gasteiger partial charge on any atom is 0.191 e. The summed E-state index contributed by atoms with van der Waals surface area (Å²) in [6.07, 6.45) is 1.73. The molecule has 0 aromatic heterocycles. The van der Waals surface area contributed by atoms with Crippen molar-refractivity contribution in [2.24, 2.45) is 4.99 Å². The van der Waals surface area contributed by atoms with Crippen molar-refractivity contribution in [2.75, 3.05) is 19.1 Å². The molecule has 0 saturated carbocycles. The number of rotatable bonds is 6. The number of nitrogens with zero attached hydrogens (tertiary/aromatic N) is 1. The van der Waals surface area contributed by atoms with E-state index >= 15 is 0 Å². The van der Waals surface area contributed by atoms with Crippen LogP contribution in [0.2, 0.25) is 0 Å². The average molecular weight is 443 g/mol. The first-order valence-corrected chi connectivity index (χ1v) is 8.75. The van der Waals surface area contributed by atoms with Crippen molar-refractivity contribution in [3.63, 3.8) is 0 Å². The minimum Gasteiger partial charge on any atom is -0.354 e. The number of hydrogen-bond donors (Lipinski definition) is 2. The van der Waals surface area contributed by atoms with Gasteiger partial charge < -0.3 is 10.6 Å². The molecule has 1 aromatic rings. The standard InChI is InChI=1S/C14H22FN3O2S.HI/c1-11(8-9-21(3,19)20)18-14(16-2)17-10-12-4-6-13(15)7-5-12;/h4-7,11H,8-10H2,1-3H3,(H2,16,17,18);1H. The van der Waals surface area contributed by atoms with Crippen LogP contribution in [0.5, 0.6) is 0 Å². The maximum absolute atomic E-state index is 12.8. The van der Waals surface area contributed by atoms with E-state index in [-0.39, 0.29) is 41.6 Å². The zero-order valence-electron chi connectivity index (χ0n) is 13.0. The van der Waals surface area contributed by atoms with Crippen LogP contribution < -0.4 is 10.6 Å². The van der Waals surface area contributed by atoms with Crippen LogP contribution in [0.15, 0.2) is 29.3 Å². The first-order chi connectivity index (χ1) is 9.80. The van der Waals surface area contributed by atoms with E-state index in [0.717, 1.165) is 5.56 Å². The molecule has 22 heavy (non-hydrogen) atoms. The predicted octanol–water partition coefficient (Wildman–Crippen LogP) is 1.93. The summed E-state index contributed by atoms with van der Waals surface area (Å²) >= 11 is 0. The third-order valence-electron chi connectivity index (χ3n) is 2.90. The molecular weight excluding hydrogens is 420 g/mol. The average Bonchev–Trinajstić information content (AvgIpc) is 2.42. The van der Waals surface area contributed by atoms with Gasteiger partial charge in [0.15, 0.2) is 5.96 Å². The van der Waals surface area contributed by atoms with Crippen LogP contribution in [0, 0.1) is 5.82 Å². The Bertz CT molecular complexity index is 576. The molecule has 0 radical (unpaired) electrons. The highest BCUT2D eigenvalue weighted by Gasteiger charge is 2.09. The van der Waals surface area contributed by atoms with E-state index in [1.165, 1.54) is 18.4 Å². The molecule has 5 nitrogen and oxygen atoms in total. The number of guanidine groups is 1. The number of benzene rings is 1. The predicted molar refractivity (Wildman–Crippen MR) is 98.9 cm³/mol. The van der Waals surface area contributed by atoms with Gasteiger partial charge in [-0.3, -0.25) is 4.99 Å². The van der Waals surface area contributed by atoms with Gasteiger partial charge in [-0.2, -0.15) is 0 Å². The van der Waals surface area contributed by atoms with Crippen molar-refractivity contribution in [3.8, 4) is 0 Å². The number of nitrogens with one attached hydrogen (secondary N) is 2. The fourth-order valence-electron chi connectivity index (χ4n) is 1.68. The zero-order chi connectivity index (χ0) is 15.9. The second kappa shape index (κ2) is 9.98. The fraction of sp³-hybridized carbons (Fsp3) is 0.500. The van der Waals surface area contributed by atoms with E-state index in [1.54, 1.807) is 19.2 Å². The molecule has 0 fully saturated rings. The first-order valence-electron chi connectivity index (χ1n) is 6.69. The molecule has 1 atom stereocenters. The van der Waals surface area contributed by atoms with Gasteiger partial charge >= 0.3 is 0 Å². The molecule has 0 heterocycles. The van der Waals surface area contributed by atoms with Crippen molar-refractivity contribution in [1.29, 1.82) is 0 Å². The van der Waals surface area contributed by atoms with Gasteiger partial charge in [0, 0.05) is 25.9 Å². The van der Waals surface area contributed by atoms with Crippen LogP contribution in [-0.4, -0.2) is 39.5 Å². The van der Waals surface area contributed by atoms with Gasteiger partial charge in [0.1, 0.15) is 15.7 Å². The van der Waals surface area contributed by atoms with Gasteiger partial charge in [-0.15, -0.1) is 24.0 Å². The van der Waals surface area contributed by atoms with Crippen LogP contribution >= 0.6 is 24.0 Å². The Morgan fingerprint density at radius 1 is 1.32 bits per heavy atom. The van der Waals surface area contributed by atoms with Gasteiger partial charge in [-0.1, -0.05) is 12.1 Å². The van der Waals surface area contributed by atoms with E-state index in [9.17, 15) is 12.8 Å². The zero-order valence-corrected chi connectivity index (χ0v) is 16.1. The lowest BCUT2D eigenvalue weighted by molar-refractivity contribution is 0.581. The highest BCUT2D eigenvalue weighted by Crippen LogP contribution is 2.02. The van der Waals surface area contributed by atoms with Gasteiger partial charge in [-0.25, -0.2) is 12.8 Å². The van der Waals surface area contributed by atoms with E-state index < -0.39 is 9.84 Å². The molecule has 0 saturated heterocycles. The summed E-state index contributed by atoms with van der Waals surface area (Å²) in [4.78, 5) is 4.08. The number of hydrogen-bond acceptors (Lipinski definition) is 3. The van der Waals surface area contributed by atoms with E-state index in [4.69, 9.17) is 0 Å². The van der Waals surface area contributed by atoms with Crippen molar-refractivity contribution in [1.82, 2.24) is 10.6 Å². The normalized spacial score (nSPS) is 13.2. The molecular formula is C14H23FIN3O2S. The van der Waals surface area contributed by atoms with E-state index in [1.807, 2.05) is 6.92 Å². The molecule has 0 spiro atoms. The summed E-state index contributed by atoms with van der Waals surface area (Å²) in [5.74, 6) is 0.451. The van der Waals surface area contributed by atoms with Crippen molar-refractivity contribution in [3.05, 3.63) is 35.6 Å². The monoisotopic (exact) mass is 443 g/mol. The Morgan fingerprint density at radius 3 is 2.41 bits per heavy atom. The number of aliphatic imine (C=N–C) groups is 1. The lowest BCUT2D eigenvalue weighted by Gasteiger charge is -2.17. The molecule has 1 rings (SSSR count). The van der Waals surface area contributed by atoms with Crippen LogP contribution in [0.3, 0.4) is 0 Å². The van der Waals surface area contributed by atoms with Crippen LogP contribution in [0.4, 0.5) is 4.39 Å². The summed E-state index contributed by atoms with van der Waals surface area (Å²) in [7, 11) is -1.31. The van der Waals surface area contributed by atoms with Crippen LogP contribution in [-0.2, 0) is 16.4 Å². The second-order valence-corrected chi connectivity index (χ2v) is 7.28. The third-order valence-corrected chi connectivity index (χ3v) is 3.88. The molecule has 126 valence electrons. The van der Waals surface area contributed by atoms with Crippen LogP contribution in [0.1, 0.15) is 18.9 Å². The second-order valence-electron chi connectivity index (χ2n) is 5.02. The molecule has 0 aliphatic carbocycles. The minimum absolute atomic E-state index is 0. The topological polar surface area (TPSA) is 70.6 Å². The Kier molecular flexibility index (Phi) is 9.58. The summed E-state index contributed by atoms with van der Waals surface area (Å²) in [6.45, 7) is 2.41. The molecule has 8 heteroatoms. The van der Waals surface area contributed by atoms with Gasteiger partial charge in [0.25, 0.3) is 0 Å². The van der Waals surface area contributed by atoms with Gasteiger partial charge in [0.05, 0.1) is 5.75 Å². The quantitative estimate of drug-likeness (QED) is 0.401. The Morgan fingerprint density at radius 2 is 1.91 bits per heavy atom. The fourth-order valence-corrected chi connectivity index (χ4v) is 2.46. The lowest BCUT2D eigenvalue weighted by atomic mass is 10.2.